The van der Waals surface area contributed by atoms with Crippen LogP contribution in [0.5, 0.6) is 0 Å². The van der Waals surface area contributed by atoms with Gasteiger partial charge in [0.15, 0.2) is 5.60 Å². The van der Waals surface area contributed by atoms with E-state index < -0.39 is 64.2 Å². The maximum atomic E-state index is 14.6. The third-order valence-electron chi connectivity index (χ3n) is 10.0. The molecule has 5 rings (SSSR count). The maximum absolute atomic E-state index is 14.6. The van der Waals surface area contributed by atoms with Crippen LogP contribution >= 0.6 is 11.6 Å². The summed E-state index contributed by atoms with van der Waals surface area (Å²) in [5, 5.41) is 24.3. The summed E-state index contributed by atoms with van der Waals surface area (Å²) >= 11 is 6.24. The van der Waals surface area contributed by atoms with Crippen LogP contribution in [0.25, 0.3) is 0 Å². The molecule has 2 heterocycles. The molecule has 1 aromatic carbocycles. The summed E-state index contributed by atoms with van der Waals surface area (Å²) in [7, 11) is 0. The number of aliphatic hydroxyl groups is 1. The highest BCUT2D eigenvalue weighted by Crippen LogP contribution is 2.40. The number of hydrogen-bond donors (Lipinski definition) is 4. The first-order chi connectivity index (χ1) is 23.1. The summed E-state index contributed by atoms with van der Waals surface area (Å²) in [5.41, 5.74) is -1.56. The van der Waals surface area contributed by atoms with Crippen LogP contribution in [0.1, 0.15) is 110 Å². The SMILES string of the molecule is CCC[C@H](NC(=O)[C@@H]1C[C@]2(CC(c3cccc(Cl)c3)=NO2)CN1C(=O)[C@@H](NC(=O)CC1(O)CCCCC1)C(C)(C)C)C(=O)C(=O)NC1CC1. The zero-order chi connectivity index (χ0) is 35.6. The van der Waals surface area contributed by atoms with Crippen LogP contribution in [0.15, 0.2) is 29.4 Å². The Kier molecular flexibility index (Phi) is 11.1. The van der Waals surface area contributed by atoms with Crippen molar-refractivity contribution in [3.63, 3.8) is 0 Å². The van der Waals surface area contributed by atoms with Gasteiger partial charge < -0.3 is 30.8 Å². The van der Waals surface area contributed by atoms with Gasteiger partial charge in [0.1, 0.15) is 12.1 Å². The summed E-state index contributed by atoms with van der Waals surface area (Å²) in [5.74, 6) is -2.97. The van der Waals surface area contributed by atoms with Crippen molar-refractivity contribution in [3.8, 4) is 0 Å². The minimum absolute atomic E-state index is 0.00156. The third kappa shape index (κ3) is 9.00. The number of nitrogens with zero attached hydrogens (tertiary/aromatic N) is 2. The Morgan fingerprint density at radius 3 is 2.45 bits per heavy atom. The van der Waals surface area contributed by atoms with E-state index in [0.717, 1.165) is 37.7 Å². The molecular formula is C36H50ClN5O7. The number of halogens is 1. The van der Waals surface area contributed by atoms with Crippen LogP contribution in [0.2, 0.25) is 5.02 Å². The molecule has 12 nitrogen and oxygen atoms in total. The number of likely N-dealkylation sites (tertiary alicyclic amines) is 1. The number of oxime groups is 1. The van der Waals surface area contributed by atoms with E-state index in [1.165, 1.54) is 4.90 Å². The van der Waals surface area contributed by atoms with E-state index in [4.69, 9.17) is 16.4 Å². The molecule has 2 saturated carbocycles. The predicted molar refractivity (Wildman–Crippen MR) is 184 cm³/mol. The Morgan fingerprint density at radius 2 is 1.82 bits per heavy atom. The zero-order valence-electron chi connectivity index (χ0n) is 29.0. The quantitative estimate of drug-likeness (QED) is 0.242. The molecule has 0 radical (unpaired) electrons. The minimum Gasteiger partial charge on any atom is -0.389 e. The lowest BCUT2D eigenvalue weighted by atomic mass is 9.81. The Morgan fingerprint density at radius 1 is 1.10 bits per heavy atom. The molecule has 3 fully saturated rings. The molecule has 0 aromatic heterocycles. The van der Waals surface area contributed by atoms with Gasteiger partial charge in [0.2, 0.25) is 23.5 Å². The van der Waals surface area contributed by atoms with Gasteiger partial charge in [-0.05, 0) is 49.7 Å². The Balaban J connectivity index is 1.39. The maximum Gasteiger partial charge on any atom is 0.289 e. The largest absolute Gasteiger partial charge is 0.389 e. The highest BCUT2D eigenvalue weighted by atomic mass is 35.5. The van der Waals surface area contributed by atoms with Crippen LogP contribution in [-0.2, 0) is 28.8 Å². The highest BCUT2D eigenvalue weighted by molar-refractivity contribution is 6.38. The molecule has 1 spiro atoms. The number of Topliss-reactive ketones (excluding diaryl/α,β-unsaturated/α-hetero) is 1. The highest BCUT2D eigenvalue weighted by Gasteiger charge is 2.56. The minimum atomic E-state index is -1.12. The van der Waals surface area contributed by atoms with Crippen LogP contribution in [0.3, 0.4) is 0 Å². The second kappa shape index (κ2) is 14.8. The summed E-state index contributed by atoms with van der Waals surface area (Å²) in [4.78, 5) is 75.3. The first kappa shape index (κ1) is 36.8. The number of carbonyl (C=O) groups excluding carboxylic acids is 5. The molecule has 4 aliphatic rings. The molecule has 4 amide bonds. The van der Waals surface area contributed by atoms with Crippen LogP contribution in [0.4, 0.5) is 0 Å². The smallest absolute Gasteiger partial charge is 0.289 e. The van der Waals surface area contributed by atoms with Crippen molar-refractivity contribution in [3.05, 3.63) is 34.9 Å². The predicted octanol–water partition coefficient (Wildman–Crippen LogP) is 3.55. The topological polar surface area (TPSA) is 166 Å². The van der Waals surface area contributed by atoms with Gasteiger partial charge in [0, 0.05) is 29.5 Å². The first-order valence-electron chi connectivity index (χ1n) is 17.6. The summed E-state index contributed by atoms with van der Waals surface area (Å²) < 4.78 is 0. The second-order valence-electron chi connectivity index (χ2n) is 15.5. The van der Waals surface area contributed by atoms with E-state index in [0.29, 0.717) is 36.4 Å². The van der Waals surface area contributed by atoms with E-state index in [1.807, 2.05) is 33.8 Å². The average molecular weight is 700 g/mol. The van der Waals surface area contributed by atoms with Crippen molar-refractivity contribution in [2.75, 3.05) is 6.54 Å². The Labute approximate surface area is 293 Å². The molecule has 2 aliphatic carbocycles. The lowest BCUT2D eigenvalue weighted by Gasteiger charge is -2.37. The van der Waals surface area contributed by atoms with Crippen molar-refractivity contribution >= 4 is 46.7 Å². The number of amides is 4. The van der Waals surface area contributed by atoms with E-state index >= 15 is 0 Å². The van der Waals surface area contributed by atoms with E-state index in [9.17, 15) is 29.1 Å². The van der Waals surface area contributed by atoms with Gasteiger partial charge in [-0.3, -0.25) is 24.0 Å². The fraction of sp³-hybridized carbons (Fsp3) is 0.667. The molecule has 0 bridgehead atoms. The monoisotopic (exact) mass is 699 g/mol. The van der Waals surface area contributed by atoms with Gasteiger partial charge in [0.25, 0.3) is 5.91 Å². The molecule has 1 saturated heterocycles. The van der Waals surface area contributed by atoms with Gasteiger partial charge >= 0.3 is 0 Å². The van der Waals surface area contributed by atoms with Gasteiger partial charge in [-0.2, -0.15) is 0 Å². The lowest BCUT2D eigenvalue weighted by molar-refractivity contribution is -0.146. The zero-order valence-corrected chi connectivity index (χ0v) is 29.7. The van der Waals surface area contributed by atoms with Gasteiger partial charge in [0.05, 0.1) is 30.3 Å². The number of nitrogens with one attached hydrogen (secondary N) is 3. The van der Waals surface area contributed by atoms with Crippen LogP contribution in [0, 0.1) is 5.41 Å². The third-order valence-corrected chi connectivity index (χ3v) is 10.3. The number of hydrogen-bond acceptors (Lipinski definition) is 8. The van der Waals surface area contributed by atoms with Gasteiger partial charge in [-0.15, -0.1) is 0 Å². The second-order valence-corrected chi connectivity index (χ2v) is 15.9. The van der Waals surface area contributed by atoms with Gasteiger partial charge in [-0.1, -0.05) is 82.3 Å². The standard InChI is InChI=1S/C36H50ClN5O7/c1-5-10-25(29(44)32(46)38-24-13-14-24)39-31(45)27-19-36(18-26(41-49-36)22-11-9-12-23(37)17-22)21-42(27)33(47)30(34(2,3)4)40-28(43)20-35(48)15-7-6-8-16-35/h9,11-12,17,24-25,27,30,48H,5-8,10,13-16,18-21H2,1-4H3,(H,38,46)(H,39,45)(H,40,43)/t25-,27-,30+,36+/m0/s1. The molecule has 268 valence electrons. The van der Waals surface area contributed by atoms with Crippen molar-refractivity contribution < 1.29 is 33.9 Å². The molecule has 4 atom stereocenters. The fourth-order valence-corrected chi connectivity index (χ4v) is 7.32. The Bertz CT molecular complexity index is 1480. The van der Waals surface area contributed by atoms with Crippen LogP contribution < -0.4 is 16.0 Å². The summed E-state index contributed by atoms with van der Waals surface area (Å²) in [6.07, 6.45) is 6.38. The Hall–Kier alpha value is -3.51. The van der Waals surface area contributed by atoms with Crippen molar-refractivity contribution in [2.24, 2.45) is 10.6 Å². The first-order valence-corrected chi connectivity index (χ1v) is 18.0. The van der Waals surface area contributed by atoms with E-state index in [1.54, 1.807) is 18.2 Å². The number of rotatable bonds is 12. The normalized spacial score (nSPS) is 24.4. The molecule has 0 unspecified atom stereocenters. The van der Waals surface area contributed by atoms with Crippen molar-refractivity contribution in [2.45, 2.75) is 140 Å². The summed E-state index contributed by atoms with van der Waals surface area (Å²) in [6, 6.07) is 3.97. The molecular weight excluding hydrogens is 650 g/mol. The molecule has 13 heteroatoms. The fourth-order valence-electron chi connectivity index (χ4n) is 7.13. The number of benzene rings is 1. The molecule has 1 aromatic rings. The van der Waals surface area contributed by atoms with Crippen LogP contribution in [-0.4, -0.2) is 87.0 Å². The van der Waals surface area contributed by atoms with Gasteiger partial charge in [-0.25, -0.2) is 0 Å². The van der Waals surface area contributed by atoms with E-state index in [-0.39, 0.29) is 31.8 Å². The van der Waals surface area contributed by atoms with Crippen molar-refractivity contribution in [1.82, 2.24) is 20.9 Å². The number of carbonyl (C=O) groups is 5. The lowest BCUT2D eigenvalue weighted by Crippen LogP contribution is -2.59. The molecule has 2 aliphatic heterocycles. The van der Waals surface area contributed by atoms with E-state index in [2.05, 4.69) is 21.1 Å². The average Bonchev–Trinajstić information content (AvgIpc) is 3.63. The summed E-state index contributed by atoms with van der Waals surface area (Å²) in [6.45, 7) is 7.33. The van der Waals surface area contributed by atoms with Crippen molar-refractivity contribution in [1.29, 1.82) is 0 Å². The molecule has 49 heavy (non-hydrogen) atoms. The number of ketones is 1. The molecule has 4 N–H and O–H groups in total.